The number of ether oxygens (including phenoxy) is 2. The minimum absolute atomic E-state index is 0.00329. The van der Waals surface area contributed by atoms with Gasteiger partial charge in [-0.15, -0.1) is 0 Å². The van der Waals surface area contributed by atoms with E-state index in [1.54, 1.807) is 30.0 Å². The van der Waals surface area contributed by atoms with Crippen molar-refractivity contribution >= 4 is 27.6 Å². The number of benzene rings is 2. The van der Waals surface area contributed by atoms with Crippen LogP contribution in [0.25, 0.3) is 0 Å². The lowest BCUT2D eigenvalue weighted by molar-refractivity contribution is -0.00834. The third kappa shape index (κ3) is 10.1. The van der Waals surface area contributed by atoms with Crippen LogP contribution in [0.2, 0.25) is 0 Å². The summed E-state index contributed by atoms with van der Waals surface area (Å²) in [6, 6.07) is 8.87. The van der Waals surface area contributed by atoms with Gasteiger partial charge in [-0.2, -0.15) is 4.31 Å². The number of fused-ring (bicyclic) bond motifs is 1. The molecule has 1 fully saturated rings. The lowest BCUT2D eigenvalue weighted by atomic mass is 9.96. The molecule has 0 radical (unpaired) electrons. The van der Waals surface area contributed by atoms with Crippen molar-refractivity contribution in [1.29, 1.82) is 0 Å². The number of urea groups is 1. The molecule has 0 spiro atoms. The van der Waals surface area contributed by atoms with E-state index in [1.807, 2.05) is 13.8 Å². The van der Waals surface area contributed by atoms with Gasteiger partial charge >= 0.3 is 6.03 Å². The highest BCUT2D eigenvalue weighted by molar-refractivity contribution is 7.89. The molecule has 2 aliphatic rings. The summed E-state index contributed by atoms with van der Waals surface area (Å²) in [5.74, 6) is -0.912. The second-order valence-corrected chi connectivity index (χ2v) is 15.2. The lowest BCUT2D eigenvalue weighted by Gasteiger charge is -2.35. The molecule has 13 heteroatoms. The molecule has 0 unspecified atom stereocenters. The average molecular weight is 691 g/mol. The number of amides is 3. The van der Waals surface area contributed by atoms with Gasteiger partial charge < -0.3 is 30.1 Å². The van der Waals surface area contributed by atoms with Gasteiger partial charge in [-0.1, -0.05) is 26.2 Å². The summed E-state index contributed by atoms with van der Waals surface area (Å²) >= 11 is 0. The molecular formula is C35H51FN4O7S. The Morgan fingerprint density at radius 3 is 2.44 bits per heavy atom. The van der Waals surface area contributed by atoms with E-state index in [2.05, 4.69) is 10.6 Å². The maximum absolute atomic E-state index is 14.3. The van der Waals surface area contributed by atoms with Crippen LogP contribution in [0.4, 0.5) is 14.9 Å². The van der Waals surface area contributed by atoms with Gasteiger partial charge in [0.1, 0.15) is 11.6 Å². The van der Waals surface area contributed by atoms with Gasteiger partial charge in [0.15, 0.2) is 0 Å². The second kappa shape index (κ2) is 17.4. The molecule has 2 aromatic rings. The van der Waals surface area contributed by atoms with Crippen molar-refractivity contribution in [3.05, 3.63) is 53.8 Å². The van der Waals surface area contributed by atoms with Crippen molar-refractivity contribution in [3.63, 3.8) is 0 Å². The van der Waals surface area contributed by atoms with Gasteiger partial charge in [-0.3, -0.25) is 4.79 Å². The summed E-state index contributed by atoms with van der Waals surface area (Å²) in [4.78, 5) is 28.7. The Kier molecular flexibility index (Phi) is 13.6. The molecule has 48 heavy (non-hydrogen) atoms. The minimum Gasteiger partial charge on any atom is -0.490 e. The molecule has 0 saturated heterocycles. The fraction of sp³-hybridized carbons (Fsp3) is 0.600. The number of sulfonamides is 1. The first kappa shape index (κ1) is 37.6. The van der Waals surface area contributed by atoms with Crippen LogP contribution in [0.1, 0.15) is 82.5 Å². The summed E-state index contributed by atoms with van der Waals surface area (Å²) in [5, 5.41) is 16.1. The number of carbonyl (C=O) groups excluding carboxylic acids is 2. The van der Waals surface area contributed by atoms with E-state index < -0.39 is 33.9 Å². The number of nitrogens with one attached hydrogen (secondary N) is 2. The Bertz CT molecular complexity index is 1470. The van der Waals surface area contributed by atoms with Gasteiger partial charge in [-0.25, -0.2) is 17.6 Å². The molecule has 0 aromatic heterocycles. The number of hydrogen-bond donors (Lipinski definition) is 3. The van der Waals surface area contributed by atoms with Crippen LogP contribution in [0.5, 0.6) is 5.75 Å². The maximum Gasteiger partial charge on any atom is 0.319 e. The van der Waals surface area contributed by atoms with Crippen LogP contribution in [0.15, 0.2) is 47.4 Å². The predicted molar refractivity (Wildman–Crippen MR) is 182 cm³/mol. The van der Waals surface area contributed by atoms with Gasteiger partial charge in [-0.05, 0) is 88.4 Å². The smallest absolute Gasteiger partial charge is 0.319 e. The minimum atomic E-state index is -3.95. The first-order valence-corrected chi connectivity index (χ1v) is 18.5. The van der Waals surface area contributed by atoms with Gasteiger partial charge in [0.25, 0.3) is 5.91 Å². The van der Waals surface area contributed by atoms with E-state index in [0.717, 1.165) is 44.2 Å². The first-order valence-electron chi connectivity index (χ1n) is 17.0. The lowest BCUT2D eigenvalue weighted by Crippen LogP contribution is -2.48. The highest BCUT2D eigenvalue weighted by Gasteiger charge is 2.32. The van der Waals surface area contributed by atoms with Crippen LogP contribution in [-0.4, -0.2) is 92.3 Å². The SMILES string of the molecule is C[C@H](CO)N1C[C@H](C)[C@H](CN(C)S(=O)(=O)c2ccc(F)cc2)OCCCC[C@H](C)Oc2ccc(NC(=O)NC3CCCCC3)cc2C1=O. The fourth-order valence-electron chi connectivity index (χ4n) is 6.20. The molecule has 1 aliphatic heterocycles. The highest BCUT2D eigenvalue weighted by atomic mass is 32.2. The molecule has 11 nitrogen and oxygen atoms in total. The van der Waals surface area contributed by atoms with Gasteiger partial charge in [0.2, 0.25) is 10.0 Å². The van der Waals surface area contributed by atoms with Crippen molar-refractivity contribution in [2.75, 3.05) is 38.7 Å². The number of aliphatic hydroxyl groups excluding tert-OH is 1. The highest BCUT2D eigenvalue weighted by Crippen LogP contribution is 2.29. The molecule has 2 aromatic carbocycles. The largest absolute Gasteiger partial charge is 0.490 e. The molecule has 266 valence electrons. The zero-order valence-electron chi connectivity index (χ0n) is 28.5. The molecule has 1 aliphatic carbocycles. The number of aliphatic hydroxyl groups is 1. The summed E-state index contributed by atoms with van der Waals surface area (Å²) in [6.07, 6.45) is 6.57. The number of hydrogen-bond acceptors (Lipinski definition) is 7. The molecule has 3 amide bonds. The van der Waals surface area contributed by atoms with Crippen LogP contribution in [-0.2, 0) is 14.8 Å². The van der Waals surface area contributed by atoms with Crippen molar-refractivity contribution < 1.29 is 37.0 Å². The van der Waals surface area contributed by atoms with E-state index in [0.29, 0.717) is 30.9 Å². The monoisotopic (exact) mass is 690 g/mol. The average Bonchev–Trinajstić information content (AvgIpc) is 3.06. The Balaban J connectivity index is 1.60. The molecule has 4 rings (SSSR count). The Labute approximate surface area is 284 Å². The first-order chi connectivity index (χ1) is 22.9. The quantitative estimate of drug-likeness (QED) is 0.338. The standard InChI is InChI=1S/C35H51FN4O7S/c1-24-21-40(25(2)23-41)34(42)31-20-29(38-35(43)37-28-11-6-5-7-12-28)15-18-32(31)47-26(3)10-8-9-19-46-33(24)22-39(4)48(44,45)30-16-13-27(36)14-17-30/h13-18,20,24-26,28,33,41H,5-12,19,21-23H2,1-4H3,(H2,37,38,43)/t24-,25+,26-,33-/m0/s1. The third-order valence-electron chi connectivity index (χ3n) is 9.21. The zero-order valence-corrected chi connectivity index (χ0v) is 29.3. The number of carbonyl (C=O) groups is 2. The van der Waals surface area contributed by atoms with E-state index >= 15 is 0 Å². The van der Waals surface area contributed by atoms with Crippen LogP contribution < -0.4 is 15.4 Å². The summed E-state index contributed by atoms with van der Waals surface area (Å²) < 4.78 is 53.9. The molecule has 1 heterocycles. The Hall–Kier alpha value is -3.26. The summed E-state index contributed by atoms with van der Waals surface area (Å²) in [6.45, 7) is 5.76. The Morgan fingerprint density at radius 1 is 1.06 bits per heavy atom. The number of halogens is 1. The summed E-state index contributed by atoms with van der Waals surface area (Å²) in [7, 11) is -2.49. The molecule has 0 bridgehead atoms. The number of anilines is 1. The number of likely N-dealkylation sites (N-methyl/N-ethyl adjacent to an activating group) is 1. The van der Waals surface area contributed by atoms with Crippen LogP contribution in [0, 0.1) is 11.7 Å². The second-order valence-electron chi connectivity index (χ2n) is 13.2. The summed E-state index contributed by atoms with van der Waals surface area (Å²) in [5.41, 5.74) is 0.682. The van der Waals surface area contributed by atoms with Crippen molar-refractivity contribution in [2.24, 2.45) is 5.92 Å². The maximum atomic E-state index is 14.3. The normalized spacial score (nSPS) is 22.7. The van der Waals surface area contributed by atoms with Crippen molar-refractivity contribution in [3.8, 4) is 5.75 Å². The van der Waals surface area contributed by atoms with Crippen molar-refractivity contribution in [2.45, 2.75) is 101 Å². The van der Waals surface area contributed by atoms with E-state index in [4.69, 9.17) is 9.47 Å². The van der Waals surface area contributed by atoms with E-state index in [-0.39, 0.29) is 54.3 Å². The van der Waals surface area contributed by atoms with Crippen LogP contribution >= 0.6 is 0 Å². The molecule has 1 saturated carbocycles. The third-order valence-corrected chi connectivity index (χ3v) is 11.0. The van der Waals surface area contributed by atoms with Crippen LogP contribution in [0.3, 0.4) is 0 Å². The number of nitrogens with zero attached hydrogens (tertiary/aromatic N) is 2. The van der Waals surface area contributed by atoms with E-state index in [9.17, 15) is 27.5 Å². The topological polar surface area (TPSA) is 138 Å². The number of rotatable bonds is 8. The van der Waals surface area contributed by atoms with Crippen molar-refractivity contribution in [1.82, 2.24) is 14.5 Å². The molecular weight excluding hydrogens is 639 g/mol. The molecule has 4 atom stereocenters. The van der Waals surface area contributed by atoms with Gasteiger partial charge in [0.05, 0.1) is 35.3 Å². The predicted octanol–water partition coefficient (Wildman–Crippen LogP) is 5.40. The van der Waals surface area contributed by atoms with E-state index in [1.165, 1.54) is 29.9 Å². The zero-order chi connectivity index (χ0) is 34.8. The molecule has 3 N–H and O–H groups in total. The van der Waals surface area contributed by atoms with Gasteiger partial charge in [0, 0.05) is 44.4 Å². The Morgan fingerprint density at radius 2 is 1.75 bits per heavy atom. The fourth-order valence-corrected chi connectivity index (χ4v) is 7.38.